The van der Waals surface area contributed by atoms with Crippen molar-refractivity contribution in [2.75, 3.05) is 25.1 Å². The number of nitrogens with one attached hydrogen (secondary N) is 1. The number of aromatic carboxylic acids is 1. The number of hydrogen-bond donors (Lipinski definition) is 3. The van der Waals surface area contributed by atoms with Gasteiger partial charge in [0, 0.05) is 6.54 Å². The first kappa shape index (κ1) is 14.1. The molecule has 0 spiro atoms. The predicted molar refractivity (Wildman–Crippen MR) is 61.9 cm³/mol. The first-order valence-electron chi connectivity index (χ1n) is 5.15. The molecular weight excluding hydrogens is 243 g/mol. The van der Waals surface area contributed by atoms with Gasteiger partial charge in [-0.3, -0.25) is 4.79 Å². The van der Waals surface area contributed by atoms with Crippen molar-refractivity contribution in [3.63, 3.8) is 0 Å². The molecule has 0 aliphatic heterocycles. The summed E-state index contributed by atoms with van der Waals surface area (Å²) in [7, 11) is 0. The van der Waals surface area contributed by atoms with Crippen molar-refractivity contribution in [1.82, 2.24) is 0 Å². The minimum absolute atomic E-state index is 0.0960. The van der Waals surface area contributed by atoms with E-state index in [9.17, 15) is 14.0 Å². The Morgan fingerprint density at radius 1 is 1.44 bits per heavy atom. The lowest BCUT2D eigenvalue weighted by Crippen LogP contribution is -2.21. The lowest BCUT2D eigenvalue weighted by molar-refractivity contribution is -0.120. The van der Waals surface area contributed by atoms with Gasteiger partial charge in [0.05, 0.1) is 17.9 Å². The van der Waals surface area contributed by atoms with E-state index in [-0.39, 0.29) is 31.0 Å². The van der Waals surface area contributed by atoms with Gasteiger partial charge in [-0.15, -0.1) is 0 Å². The SMILES string of the molecule is NCCOCC(=O)Nc1ccc(C(=O)O)cc1F. The maximum atomic E-state index is 13.4. The summed E-state index contributed by atoms with van der Waals surface area (Å²) in [6, 6.07) is 3.21. The van der Waals surface area contributed by atoms with Crippen molar-refractivity contribution in [2.45, 2.75) is 0 Å². The molecule has 0 aliphatic rings. The summed E-state index contributed by atoms with van der Waals surface area (Å²) >= 11 is 0. The fourth-order valence-corrected chi connectivity index (χ4v) is 1.18. The molecule has 6 nitrogen and oxygen atoms in total. The molecule has 18 heavy (non-hydrogen) atoms. The smallest absolute Gasteiger partial charge is 0.335 e. The summed E-state index contributed by atoms with van der Waals surface area (Å²) in [4.78, 5) is 21.9. The molecule has 0 aromatic heterocycles. The van der Waals surface area contributed by atoms with E-state index in [1.165, 1.54) is 12.1 Å². The van der Waals surface area contributed by atoms with Gasteiger partial charge >= 0.3 is 5.97 Å². The average molecular weight is 256 g/mol. The number of hydrogen-bond acceptors (Lipinski definition) is 4. The largest absolute Gasteiger partial charge is 0.478 e. The zero-order chi connectivity index (χ0) is 13.5. The van der Waals surface area contributed by atoms with E-state index in [1.54, 1.807) is 0 Å². The zero-order valence-corrected chi connectivity index (χ0v) is 9.48. The second-order valence-corrected chi connectivity index (χ2v) is 3.39. The van der Waals surface area contributed by atoms with E-state index in [0.29, 0.717) is 0 Å². The molecule has 0 fully saturated rings. The van der Waals surface area contributed by atoms with Gasteiger partial charge in [-0.1, -0.05) is 0 Å². The highest BCUT2D eigenvalue weighted by molar-refractivity contribution is 5.93. The lowest BCUT2D eigenvalue weighted by atomic mass is 10.2. The summed E-state index contributed by atoms with van der Waals surface area (Å²) in [5.74, 6) is -2.59. The van der Waals surface area contributed by atoms with Gasteiger partial charge < -0.3 is 20.9 Å². The Morgan fingerprint density at radius 2 is 2.17 bits per heavy atom. The molecule has 0 saturated heterocycles. The summed E-state index contributed by atoms with van der Waals surface area (Å²) in [5.41, 5.74) is 4.88. The maximum absolute atomic E-state index is 13.4. The number of rotatable bonds is 6. The van der Waals surface area contributed by atoms with Crippen LogP contribution in [0.4, 0.5) is 10.1 Å². The van der Waals surface area contributed by atoms with Gasteiger partial charge in [0.2, 0.25) is 5.91 Å². The molecule has 0 atom stereocenters. The number of ether oxygens (including phenoxy) is 1. The Hall–Kier alpha value is -1.99. The molecule has 0 saturated carbocycles. The standard InChI is InChI=1S/C11H13FN2O4/c12-8-5-7(11(16)17)1-2-9(8)14-10(15)6-18-4-3-13/h1-2,5H,3-4,6,13H2,(H,14,15)(H,16,17). The minimum atomic E-state index is -1.24. The third-order valence-electron chi connectivity index (χ3n) is 1.99. The molecule has 0 aliphatic carbocycles. The third kappa shape index (κ3) is 4.11. The molecule has 0 bridgehead atoms. The molecular formula is C11H13FN2O4. The predicted octanol–water partition coefficient (Wildman–Crippen LogP) is 0.438. The second-order valence-electron chi connectivity index (χ2n) is 3.39. The van der Waals surface area contributed by atoms with Crippen molar-refractivity contribution < 1.29 is 23.8 Å². The summed E-state index contributed by atoms with van der Waals surface area (Å²) in [6.07, 6.45) is 0. The molecule has 4 N–H and O–H groups in total. The van der Waals surface area contributed by atoms with Gasteiger partial charge in [0.25, 0.3) is 0 Å². The Balaban J connectivity index is 2.62. The number of nitrogens with two attached hydrogens (primary N) is 1. The van der Waals surface area contributed by atoms with Gasteiger partial charge in [-0.25, -0.2) is 9.18 Å². The second kappa shape index (κ2) is 6.67. The molecule has 0 radical (unpaired) electrons. The Bertz CT molecular complexity index is 451. The van der Waals surface area contributed by atoms with Crippen molar-refractivity contribution in [2.24, 2.45) is 5.73 Å². The average Bonchev–Trinajstić information content (AvgIpc) is 2.32. The first-order chi connectivity index (χ1) is 8.54. The molecule has 1 rings (SSSR count). The van der Waals surface area contributed by atoms with Crippen LogP contribution in [0.2, 0.25) is 0 Å². The van der Waals surface area contributed by atoms with Crippen LogP contribution in [-0.2, 0) is 9.53 Å². The highest BCUT2D eigenvalue weighted by atomic mass is 19.1. The molecule has 98 valence electrons. The number of halogens is 1. The highest BCUT2D eigenvalue weighted by Crippen LogP contribution is 2.15. The van der Waals surface area contributed by atoms with Crippen LogP contribution >= 0.6 is 0 Å². The monoisotopic (exact) mass is 256 g/mol. The van der Waals surface area contributed by atoms with E-state index >= 15 is 0 Å². The van der Waals surface area contributed by atoms with Crippen molar-refractivity contribution >= 4 is 17.6 Å². The van der Waals surface area contributed by atoms with Gasteiger partial charge in [0.15, 0.2) is 0 Å². The van der Waals surface area contributed by atoms with Gasteiger partial charge in [0.1, 0.15) is 12.4 Å². The number of carboxylic acid groups (broad SMARTS) is 1. The summed E-state index contributed by atoms with van der Waals surface area (Å²) in [5, 5.41) is 10.9. The fraction of sp³-hybridized carbons (Fsp3) is 0.273. The minimum Gasteiger partial charge on any atom is -0.478 e. The van der Waals surface area contributed by atoms with Crippen LogP contribution in [0, 0.1) is 5.82 Å². The first-order valence-corrected chi connectivity index (χ1v) is 5.15. The fourth-order valence-electron chi connectivity index (χ4n) is 1.18. The summed E-state index contributed by atoms with van der Waals surface area (Å²) < 4.78 is 18.3. The summed E-state index contributed by atoms with van der Waals surface area (Å²) in [6.45, 7) is 0.278. The van der Waals surface area contributed by atoms with Crippen LogP contribution in [0.1, 0.15) is 10.4 Å². The number of carbonyl (C=O) groups is 2. The van der Waals surface area contributed by atoms with Crippen molar-refractivity contribution in [3.05, 3.63) is 29.6 Å². The zero-order valence-electron chi connectivity index (χ0n) is 9.48. The van der Waals surface area contributed by atoms with Crippen LogP contribution in [0.3, 0.4) is 0 Å². The van der Waals surface area contributed by atoms with Gasteiger partial charge in [-0.05, 0) is 18.2 Å². The van der Waals surface area contributed by atoms with Crippen molar-refractivity contribution in [3.8, 4) is 0 Å². The van der Waals surface area contributed by atoms with Crippen LogP contribution in [-0.4, -0.2) is 36.7 Å². The molecule has 1 amide bonds. The number of amides is 1. The van der Waals surface area contributed by atoms with E-state index in [1.807, 2.05) is 0 Å². The maximum Gasteiger partial charge on any atom is 0.335 e. The number of carbonyl (C=O) groups excluding carboxylic acids is 1. The number of carboxylic acids is 1. The van der Waals surface area contributed by atoms with Crippen LogP contribution in [0.25, 0.3) is 0 Å². The van der Waals surface area contributed by atoms with E-state index in [4.69, 9.17) is 15.6 Å². The Kier molecular flexibility index (Phi) is 5.22. The van der Waals surface area contributed by atoms with Crippen LogP contribution in [0.15, 0.2) is 18.2 Å². The molecule has 0 heterocycles. The van der Waals surface area contributed by atoms with Gasteiger partial charge in [-0.2, -0.15) is 0 Å². The molecule has 1 aromatic rings. The number of anilines is 1. The number of benzene rings is 1. The normalized spacial score (nSPS) is 10.1. The van der Waals surface area contributed by atoms with E-state index in [0.717, 1.165) is 6.07 Å². The molecule has 0 unspecified atom stereocenters. The highest BCUT2D eigenvalue weighted by Gasteiger charge is 2.10. The lowest BCUT2D eigenvalue weighted by Gasteiger charge is -2.07. The Morgan fingerprint density at radius 3 is 2.72 bits per heavy atom. The quantitative estimate of drug-likeness (QED) is 0.641. The van der Waals surface area contributed by atoms with E-state index in [2.05, 4.69) is 5.32 Å². The van der Waals surface area contributed by atoms with Crippen LogP contribution < -0.4 is 11.1 Å². The van der Waals surface area contributed by atoms with Crippen LogP contribution in [0.5, 0.6) is 0 Å². The third-order valence-corrected chi connectivity index (χ3v) is 1.99. The van der Waals surface area contributed by atoms with E-state index < -0.39 is 17.7 Å². The molecule has 7 heteroatoms. The van der Waals surface area contributed by atoms with Crippen molar-refractivity contribution in [1.29, 1.82) is 0 Å². The Labute approximate surface area is 103 Å². The topological polar surface area (TPSA) is 102 Å². The molecule has 1 aromatic carbocycles.